The fraction of sp³-hybridized carbons (Fsp3) is 0.188. The molecule has 1 aliphatic carbocycles. The smallest absolute Gasteiger partial charge is 0.210 e. The molecular formula is C16H13ClN4O. The van der Waals surface area contributed by atoms with E-state index < -0.39 is 6.04 Å². The van der Waals surface area contributed by atoms with Crippen LogP contribution in [0, 0.1) is 0 Å². The van der Waals surface area contributed by atoms with E-state index in [0.717, 1.165) is 22.0 Å². The van der Waals surface area contributed by atoms with Gasteiger partial charge in [-0.05, 0) is 23.6 Å². The van der Waals surface area contributed by atoms with Crippen LogP contribution in [0.15, 0.2) is 41.8 Å². The number of fused-ring (bicyclic) bond motifs is 2. The average molecular weight is 313 g/mol. The minimum atomic E-state index is -0.474. The molecule has 2 aromatic rings. The summed E-state index contributed by atoms with van der Waals surface area (Å²) in [6.07, 6.45) is 6.99. The van der Waals surface area contributed by atoms with E-state index in [9.17, 15) is 4.79 Å². The number of allylic oxidation sites excluding steroid dienone is 2. The molecule has 0 radical (unpaired) electrons. The van der Waals surface area contributed by atoms with E-state index in [1.807, 2.05) is 42.3 Å². The van der Waals surface area contributed by atoms with Crippen LogP contribution < -0.4 is 0 Å². The summed E-state index contributed by atoms with van der Waals surface area (Å²) < 4.78 is 0. The van der Waals surface area contributed by atoms with Gasteiger partial charge in [-0.2, -0.15) is 0 Å². The van der Waals surface area contributed by atoms with Gasteiger partial charge in [0.1, 0.15) is 11.7 Å². The average Bonchev–Trinajstić information content (AvgIpc) is 2.51. The predicted molar refractivity (Wildman–Crippen MR) is 85.1 cm³/mol. The van der Waals surface area contributed by atoms with Crippen LogP contribution in [0.25, 0.3) is 16.3 Å². The maximum absolute atomic E-state index is 13.0. The van der Waals surface area contributed by atoms with E-state index in [1.54, 1.807) is 18.6 Å². The summed E-state index contributed by atoms with van der Waals surface area (Å²) in [7, 11) is 3.75. The number of hydrogen-bond donors (Lipinski definition) is 0. The number of carbonyl (C=O) groups excluding carboxylic acids is 1. The molecule has 110 valence electrons. The lowest BCUT2D eigenvalue weighted by Crippen LogP contribution is -2.49. The van der Waals surface area contributed by atoms with Crippen LogP contribution in [0.2, 0.25) is 0 Å². The first-order valence-corrected chi connectivity index (χ1v) is 7.28. The summed E-state index contributed by atoms with van der Waals surface area (Å²) in [5.41, 5.74) is 2.07. The highest BCUT2D eigenvalue weighted by atomic mass is 35.5. The van der Waals surface area contributed by atoms with Gasteiger partial charge in [0.25, 0.3) is 0 Å². The van der Waals surface area contributed by atoms with Crippen molar-refractivity contribution in [2.45, 2.75) is 6.04 Å². The van der Waals surface area contributed by atoms with Gasteiger partial charge in [0, 0.05) is 43.6 Å². The zero-order valence-corrected chi connectivity index (χ0v) is 12.9. The number of ketones is 1. The fourth-order valence-electron chi connectivity index (χ4n) is 3.07. The summed E-state index contributed by atoms with van der Waals surface area (Å²) >= 11 is 6.25. The van der Waals surface area contributed by atoms with Crippen LogP contribution in [0.3, 0.4) is 0 Å². The Hall–Kier alpha value is -2.24. The van der Waals surface area contributed by atoms with Gasteiger partial charge in [0.05, 0.1) is 10.7 Å². The Bertz CT molecular complexity index is 866. The van der Waals surface area contributed by atoms with E-state index in [4.69, 9.17) is 11.6 Å². The first-order valence-electron chi connectivity index (χ1n) is 6.90. The quantitative estimate of drug-likeness (QED) is 0.809. The largest absolute Gasteiger partial charge is 0.297 e. The zero-order valence-electron chi connectivity index (χ0n) is 12.1. The van der Waals surface area contributed by atoms with Crippen LogP contribution >= 0.6 is 11.6 Å². The molecule has 0 amide bonds. The normalized spacial score (nSPS) is 20.1. The lowest BCUT2D eigenvalue weighted by Gasteiger charge is -2.39. The number of halogens is 1. The molecule has 0 fully saturated rings. The second-order valence-electron chi connectivity index (χ2n) is 5.52. The third-order valence-corrected chi connectivity index (χ3v) is 4.21. The SMILES string of the molecule is CN(C)N1C=C(Cl)C=C2c3nccc4ccnc(c34)C(=O)C21. The minimum absolute atomic E-state index is 0.0357. The number of pyridine rings is 2. The van der Waals surface area contributed by atoms with Gasteiger partial charge >= 0.3 is 0 Å². The Balaban J connectivity index is 2.06. The molecule has 0 saturated heterocycles. The molecule has 1 unspecified atom stereocenters. The third-order valence-electron chi connectivity index (χ3n) is 4.00. The van der Waals surface area contributed by atoms with Crippen LogP contribution in [-0.4, -0.2) is 45.9 Å². The number of rotatable bonds is 1. The number of carbonyl (C=O) groups is 1. The highest BCUT2D eigenvalue weighted by molar-refractivity contribution is 6.32. The topological polar surface area (TPSA) is 49.3 Å². The summed E-state index contributed by atoms with van der Waals surface area (Å²) in [4.78, 5) is 21.8. The predicted octanol–water partition coefficient (Wildman–Crippen LogP) is 2.45. The first kappa shape index (κ1) is 13.4. The number of aromatic nitrogens is 2. The number of hydrazine groups is 1. The third kappa shape index (κ3) is 1.73. The van der Waals surface area contributed by atoms with Crippen LogP contribution in [0.5, 0.6) is 0 Å². The standard InChI is InChI=1S/C16H13ClN4O/c1-20(2)21-8-10(17)7-11-13-12-9(3-5-18-13)4-6-19-14(12)16(22)15(11)21/h3-8,15H,1-2H3. The molecule has 0 saturated carbocycles. The number of nitrogens with zero attached hydrogens (tertiary/aromatic N) is 4. The Morgan fingerprint density at radius 1 is 1.18 bits per heavy atom. The molecule has 22 heavy (non-hydrogen) atoms. The van der Waals surface area contributed by atoms with Crippen molar-refractivity contribution in [3.63, 3.8) is 0 Å². The molecule has 0 spiro atoms. The van der Waals surface area contributed by atoms with Crippen molar-refractivity contribution in [1.29, 1.82) is 0 Å². The minimum Gasteiger partial charge on any atom is -0.297 e. The van der Waals surface area contributed by atoms with Gasteiger partial charge in [-0.1, -0.05) is 11.6 Å². The summed E-state index contributed by atoms with van der Waals surface area (Å²) in [5.74, 6) is -0.0357. The first-order chi connectivity index (χ1) is 10.6. The van der Waals surface area contributed by atoms with E-state index in [-0.39, 0.29) is 5.78 Å². The van der Waals surface area contributed by atoms with Gasteiger partial charge in [-0.15, -0.1) is 0 Å². The van der Waals surface area contributed by atoms with Crippen LogP contribution in [0.1, 0.15) is 16.2 Å². The second-order valence-corrected chi connectivity index (χ2v) is 5.96. The van der Waals surface area contributed by atoms with E-state index in [2.05, 4.69) is 9.97 Å². The van der Waals surface area contributed by atoms with Crippen molar-refractivity contribution in [3.05, 3.63) is 53.2 Å². The van der Waals surface area contributed by atoms with Gasteiger partial charge in [-0.25, -0.2) is 5.01 Å². The molecule has 2 aromatic heterocycles. The molecule has 1 atom stereocenters. The lowest BCUT2D eigenvalue weighted by molar-refractivity contribution is 0.0459. The Kier molecular flexibility index (Phi) is 2.82. The van der Waals surface area contributed by atoms with Crippen molar-refractivity contribution in [1.82, 2.24) is 20.0 Å². The maximum Gasteiger partial charge on any atom is 0.210 e. The van der Waals surface area contributed by atoms with E-state index in [0.29, 0.717) is 10.7 Å². The Labute approximate surface area is 132 Å². The molecule has 6 heteroatoms. The molecule has 0 bridgehead atoms. The van der Waals surface area contributed by atoms with Crippen molar-refractivity contribution < 1.29 is 4.79 Å². The summed E-state index contributed by atoms with van der Waals surface area (Å²) in [6.45, 7) is 0. The maximum atomic E-state index is 13.0. The van der Waals surface area contributed by atoms with E-state index in [1.165, 1.54) is 0 Å². The van der Waals surface area contributed by atoms with Gasteiger partial charge in [0.15, 0.2) is 0 Å². The Morgan fingerprint density at radius 2 is 1.86 bits per heavy atom. The zero-order chi connectivity index (χ0) is 15.4. The monoisotopic (exact) mass is 312 g/mol. The molecule has 3 heterocycles. The Morgan fingerprint density at radius 3 is 2.55 bits per heavy atom. The van der Waals surface area contributed by atoms with Crippen LogP contribution in [0.4, 0.5) is 0 Å². The number of hydrogen-bond acceptors (Lipinski definition) is 5. The summed E-state index contributed by atoms with van der Waals surface area (Å²) in [6, 6.07) is 3.31. The highest BCUT2D eigenvalue weighted by Gasteiger charge is 2.40. The molecule has 0 aromatic carbocycles. The molecule has 1 aliphatic heterocycles. The van der Waals surface area contributed by atoms with Crippen molar-refractivity contribution in [2.75, 3.05) is 14.1 Å². The van der Waals surface area contributed by atoms with Gasteiger partial charge < -0.3 is 0 Å². The number of Topliss-reactive ketones (excluding diaryl/α,β-unsaturated/α-hetero) is 1. The highest BCUT2D eigenvalue weighted by Crippen LogP contribution is 2.39. The fourth-order valence-corrected chi connectivity index (χ4v) is 3.29. The van der Waals surface area contributed by atoms with Gasteiger partial charge in [0.2, 0.25) is 5.78 Å². The van der Waals surface area contributed by atoms with E-state index >= 15 is 0 Å². The summed E-state index contributed by atoms with van der Waals surface area (Å²) in [5, 5.41) is 6.00. The molecule has 2 aliphatic rings. The molecule has 5 nitrogen and oxygen atoms in total. The lowest BCUT2D eigenvalue weighted by atomic mass is 9.85. The van der Waals surface area contributed by atoms with Gasteiger partial charge in [-0.3, -0.25) is 19.8 Å². The van der Waals surface area contributed by atoms with Crippen molar-refractivity contribution in [2.24, 2.45) is 0 Å². The second kappa shape index (κ2) is 4.63. The van der Waals surface area contributed by atoms with Crippen LogP contribution in [-0.2, 0) is 0 Å². The van der Waals surface area contributed by atoms with Crippen molar-refractivity contribution >= 4 is 33.7 Å². The molecule has 0 N–H and O–H groups in total. The van der Waals surface area contributed by atoms with Crippen molar-refractivity contribution in [3.8, 4) is 0 Å². The molecule has 4 rings (SSSR count). The molecular weight excluding hydrogens is 300 g/mol.